The molecule has 17 heavy (non-hydrogen) atoms. The summed E-state index contributed by atoms with van der Waals surface area (Å²) in [5, 5.41) is 0. The number of carbonyl (C=O) groups is 1. The van der Waals surface area contributed by atoms with Gasteiger partial charge in [-0.25, -0.2) is 0 Å². The van der Waals surface area contributed by atoms with Crippen molar-refractivity contribution in [3.8, 4) is 0 Å². The van der Waals surface area contributed by atoms with Gasteiger partial charge in [-0.15, -0.1) is 0 Å². The number of nitrogens with zero attached hydrogens (tertiary/aromatic N) is 1. The van der Waals surface area contributed by atoms with Crippen molar-refractivity contribution in [1.29, 1.82) is 0 Å². The molecular formula is C13H20N2O2. The second kappa shape index (κ2) is 6.37. The highest BCUT2D eigenvalue weighted by molar-refractivity contribution is 5.81. The zero-order chi connectivity index (χ0) is 12.8. The lowest BCUT2D eigenvalue weighted by atomic mass is 10.1. The summed E-state index contributed by atoms with van der Waals surface area (Å²) >= 11 is 0. The van der Waals surface area contributed by atoms with Crippen LogP contribution in [0.3, 0.4) is 0 Å². The standard InChI is InChI=1S/C13H20N2O2/c1-10(11-7-5-4-6-8-11)15(2)13(16)12(9-14)17-3/h4-8,10,12H,9,14H2,1-3H3. The first-order valence-electron chi connectivity index (χ1n) is 5.66. The molecule has 0 saturated heterocycles. The van der Waals surface area contributed by atoms with Crippen LogP contribution in [0.5, 0.6) is 0 Å². The van der Waals surface area contributed by atoms with Crippen LogP contribution in [0.15, 0.2) is 30.3 Å². The zero-order valence-corrected chi connectivity index (χ0v) is 10.6. The molecule has 0 radical (unpaired) electrons. The van der Waals surface area contributed by atoms with Crippen molar-refractivity contribution >= 4 is 5.91 Å². The molecular weight excluding hydrogens is 216 g/mol. The van der Waals surface area contributed by atoms with E-state index in [1.807, 2.05) is 37.3 Å². The van der Waals surface area contributed by atoms with Gasteiger partial charge in [-0.05, 0) is 12.5 Å². The van der Waals surface area contributed by atoms with Gasteiger partial charge in [0.15, 0.2) is 0 Å². The fourth-order valence-electron chi connectivity index (χ4n) is 1.67. The van der Waals surface area contributed by atoms with E-state index in [0.29, 0.717) is 0 Å². The topological polar surface area (TPSA) is 55.6 Å². The van der Waals surface area contributed by atoms with Crippen LogP contribution in [0.25, 0.3) is 0 Å². The number of nitrogens with two attached hydrogens (primary N) is 1. The number of benzene rings is 1. The lowest BCUT2D eigenvalue weighted by molar-refractivity contribution is -0.142. The highest BCUT2D eigenvalue weighted by Crippen LogP contribution is 2.19. The summed E-state index contributed by atoms with van der Waals surface area (Å²) in [5.74, 6) is -0.0913. The van der Waals surface area contributed by atoms with Crippen LogP contribution in [-0.4, -0.2) is 37.6 Å². The minimum Gasteiger partial charge on any atom is -0.370 e. The average molecular weight is 236 g/mol. The van der Waals surface area contributed by atoms with Crippen LogP contribution in [0, 0.1) is 0 Å². The Labute approximate surface area is 102 Å². The maximum Gasteiger partial charge on any atom is 0.253 e. The maximum absolute atomic E-state index is 12.0. The van der Waals surface area contributed by atoms with E-state index in [-0.39, 0.29) is 18.5 Å². The Morgan fingerprint density at radius 1 is 1.41 bits per heavy atom. The first kappa shape index (κ1) is 13.7. The van der Waals surface area contributed by atoms with E-state index in [1.54, 1.807) is 11.9 Å². The molecule has 1 amide bonds. The Balaban J connectivity index is 2.76. The van der Waals surface area contributed by atoms with Gasteiger partial charge in [-0.2, -0.15) is 0 Å². The largest absolute Gasteiger partial charge is 0.370 e. The van der Waals surface area contributed by atoms with Gasteiger partial charge >= 0.3 is 0 Å². The highest BCUT2D eigenvalue weighted by atomic mass is 16.5. The Morgan fingerprint density at radius 2 is 2.00 bits per heavy atom. The van der Waals surface area contributed by atoms with Crippen LogP contribution >= 0.6 is 0 Å². The van der Waals surface area contributed by atoms with Crippen molar-refractivity contribution in [3.63, 3.8) is 0 Å². The lowest BCUT2D eigenvalue weighted by Crippen LogP contribution is -2.42. The molecule has 0 saturated carbocycles. The Kier molecular flexibility index (Phi) is 5.12. The average Bonchev–Trinajstić information content (AvgIpc) is 2.39. The van der Waals surface area contributed by atoms with Crippen LogP contribution in [0.1, 0.15) is 18.5 Å². The van der Waals surface area contributed by atoms with Gasteiger partial charge in [0.1, 0.15) is 6.10 Å². The normalized spacial score (nSPS) is 14.1. The number of methoxy groups -OCH3 is 1. The van der Waals surface area contributed by atoms with Crippen molar-refractivity contribution in [2.75, 3.05) is 20.7 Å². The van der Waals surface area contributed by atoms with Gasteiger partial charge in [0.25, 0.3) is 5.91 Å². The van der Waals surface area contributed by atoms with Gasteiger partial charge in [-0.1, -0.05) is 30.3 Å². The molecule has 1 rings (SSSR count). The molecule has 0 aromatic heterocycles. The molecule has 0 aliphatic rings. The van der Waals surface area contributed by atoms with Crippen molar-refractivity contribution in [1.82, 2.24) is 4.90 Å². The Bertz CT molecular complexity index is 350. The van der Waals surface area contributed by atoms with Crippen LogP contribution in [0.2, 0.25) is 0 Å². The van der Waals surface area contributed by atoms with E-state index in [9.17, 15) is 4.79 Å². The summed E-state index contributed by atoms with van der Waals surface area (Å²) in [5.41, 5.74) is 6.58. The number of rotatable bonds is 5. The van der Waals surface area contributed by atoms with Crippen LogP contribution in [0.4, 0.5) is 0 Å². The molecule has 94 valence electrons. The van der Waals surface area contributed by atoms with Crippen molar-refractivity contribution in [2.45, 2.75) is 19.1 Å². The van der Waals surface area contributed by atoms with E-state index < -0.39 is 6.10 Å². The number of likely N-dealkylation sites (N-methyl/N-ethyl adjacent to an activating group) is 1. The quantitative estimate of drug-likeness (QED) is 0.835. The highest BCUT2D eigenvalue weighted by Gasteiger charge is 2.24. The molecule has 0 aliphatic heterocycles. The van der Waals surface area contributed by atoms with Gasteiger partial charge in [0.05, 0.1) is 6.04 Å². The molecule has 1 aromatic rings. The van der Waals surface area contributed by atoms with Crippen LogP contribution in [-0.2, 0) is 9.53 Å². The van der Waals surface area contributed by atoms with E-state index in [4.69, 9.17) is 10.5 Å². The minimum atomic E-state index is -0.564. The number of carbonyl (C=O) groups excluding carboxylic acids is 1. The molecule has 4 heteroatoms. The Hall–Kier alpha value is -1.39. The van der Waals surface area contributed by atoms with E-state index >= 15 is 0 Å². The smallest absolute Gasteiger partial charge is 0.253 e. The fraction of sp³-hybridized carbons (Fsp3) is 0.462. The monoisotopic (exact) mass is 236 g/mol. The molecule has 1 aromatic carbocycles. The van der Waals surface area contributed by atoms with Gasteiger partial charge in [-0.3, -0.25) is 4.79 Å². The molecule has 2 N–H and O–H groups in total. The summed E-state index contributed by atoms with van der Waals surface area (Å²) in [6.07, 6.45) is -0.564. The van der Waals surface area contributed by atoms with Gasteiger partial charge < -0.3 is 15.4 Å². The summed E-state index contributed by atoms with van der Waals surface area (Å²) in [6, 6.07) is 9.88. The van der Waals surface area contributed by atoms with Gasteiger partial charge in [0.2, 0.25) is 0 Å². The second-order valence-electron chi connectivity index (χ2n) is 4.00. The summed E-state index contributed by atoms with van der Waals surface area (Å²) < 4.78 is 5.05. The number of hydrogen-bond acceptors (Lipinski definition) is 3. The molecule has 0 spiro atoms. The third-order valence-corrected chi connectivity index (χ3v) is 2.98. The van der Waals surface area contributed by atoms with Crippen molar-refractivity contribution in [3.05, 3.63) is 35.9 Å². The van der Waals surface area contributed by atoms with Crippen molar-refractivity contribution in [2.24, 2.45) is 5.73 Å². The van der Waals surface area contributed by atoms with E-state index in [1.165, 1.54) is 7.11 Å². The molecule has 4 nitrogen and oxygen atoms in total. The summed E-state index contributed by atoms with van der Waals surface area (Å²) in [4.78, 5) is 13.7. The molecule has 2 unspecified atom stereocenters. The van der Waals surface area contributed by atoms with E-state index in [0.717, 1.165) is 5.56 Å². The van der Waals surface area contributed by atoms with E-state index in [2.05, 4.69) is 0 Å². The summed E-state index contributed by atoms with van der Waals surface area (Å²) in [7, 11) is 3.26. The predicted molar refractivity (Wildman–Crippen MR) is 67.5 cm³/mol. The molecule has 0 heterocycles. The summed E-state index contributed by atoms with van der Waals surface area (Å²) in [6.45, 7) is 2.18. The zero-order valence-electron chi connectivity index (χ0n) is 10.6. The lowest BCUT2D eigenvalue weighted by Gasteiger charge is -2.28. The second-order valence-corrected chi connectivity index (χ2v) is 4.00. The van der Waals surface area contributed by atoms with Gasteiger partial charge in [0, 0.05) is 20.7 Å². The Morgan fingerprint density at radius 3 is 2.47 bits per heavy atom. The first-order chi connectivity index (χ1) is 8.11. The molecule has 0 aliphatic carbocycles. The molecule has 0 bridgehead atoms. The third-order valence-electron chi connectivity index (χ3n) is 2.98. The number of hydrogen-bond donors (Lipinski definition) is 1. The number of ether oxygens (including phenoxy) is 1. The van der Waals surface area contributed by atoms with Crippen LogP contribution < -0.4 is 5.73 Å². The van der Waals surface area contributed by atoms with Crippen molar-refractivity contribution < 1.29 is 9.53 Å². The SMILES string of the molecule is COC(CN)C(=O)N(C)C(C)c1ccccc1. The minimum absolute atomic E-state index is 0.00731. The predicted octanol–water partition coefficient (Wildman–Crippen LogP) is 1.18. The molecule has 2 atom stereocenters. The fourth-order valence-corrected chi connectivity index (χ4v) is 1.67. The maximum atomic E-state index is 12.0. The third kappa shape index (κ3) is 3.28. The first-order valence-corrected chi connectivity index (χ1v) is 5.66. The molecule has 0 fully saturated rings. The number of amides is 1.